The predicted molar refractivity (Wildman–Crippen MR) is 88.2 cm³/mol. The van der Waals surface area contributed by atoms with E-state index in [2.05, 4.69) is 15.3 Å². The van der Waals surface area contributed by atoms with E-state index in [1.165, 1.54) is 35.9 Å². The second kappa shape index (κ2) is 6.32. The fourth-order valence-corrected chi connectivity index (χ4v) is 2.66. The Morgan fingerprint density at radius 3 is 2.74 bits per heavy atom. The highest BCUT2D eigenvalue weighted by Crippen LogP contribution is 2.23. The number of nitrogens with zero attached hydrogens (tertiary/aromatic N) is 3. The van der Waals surface area contributed by atoms with E-state index >= 15 is 0 Å². The molecule has 0 aliphatic heterocycles. The summed E-state index contributed by atoms with van der Waals surface area (Å²) in [5, 5.41) is 15.9. The van der Waals surface area contributed by atoms with Crippen LogP contribution in [-0.4, -0.2) is 20.8 Å². The van der Waals surface area contributed by atoms with Gasteiger partial charge in [-0.05, 0) is 35.2 Å². The van der Waals surface area contributed by atoms with Crippen molar-refractivity contribution in [3.05, 3.63) is 63.8 Å². The molecule has 8 heteroatoms. The van der Waals surface area contributed by atoms with E-state index in [4.69, 9.17) is 0 Å². The Bertz CT molecular complexity index is 902. The van der Waals surface area contributed by atoms with Gasteiger partial charge in [-0.3, -0.25) is 14.9 Å². The molecule has 0 atom stereocenters. The van der Waals surface area contributed by atoms with Crippen LogP contribution in [0.25, 0.3) is 16.3 Å². The maximum Gasteiger partial charge on any atom is 0.269 e. The lowest BCUT2D eigenvalue weighted by Crippen LogP contribution is -2.09. The largest absolute Gasteiger partial charge is 0.306 e. The molecule has 1 amide bonds. The average molecular weight is 326 g/mol. The van der Waals surface area contributed by atoms with Gasteiger partial charge in [0.1, 0.15) is 17.0 Å². The van der Waals surface area contributed by atoms with Crippen LogP contribution in [0.15, 0.2) is 48.1 Å². The number of anilines is 1. The Morgan fingerprint density at radius 2 is 2.00 bits per heavy atom. The highest BCUT2D eigenvalue weighted by molar-refractivity contribution is 7.16. The number of nitro groups is 1. The van der Waals surface area contributed by atoms with Gasteiger partial charge in [0, 0.05) is 18.2 Å². The number of nitro benzene ring substituents is 1. The quantitative estimate of drug-likeness (QED) is 0.451. The lowest BCUT2D eigenvalue weighted by molar-refractivity contribution is -0.384. The van der Waals surface area contributed by atoms with Gasteiger partial charge in [0.2, 0.25) is 5.91 Å². The van der Waals surface area contributed by atoms with Gasteiger partial charge in [0.05, 0.1) is 10.3 Å². The summed E-state index contributed by atoms with van der Waals surface area (Å²) >= 11 is 1.47. The van der Waals surface area contributed by atoms with Crippen LogP contribution in [0.3, 0.4) is 0 Å². The van der Waals surface area contributed by atoms with Crippen molar-refractivity contribution in [2.75, 3.05) is 5.32 Å². The van der Waals surface area contributed by atoms with Crippen LogP contribution in [0, 0.1) is 10.1 Å². The Balaban J connectivity index is 1.71. The first-order valence-corrected chi connectivity index (χ1v) is 7.43. The summed E-state index contributed by atoms with van der Waals surface area (Å²) in [6.45, 7) is 0. The molecule has 0 saturated heterocycles. The Kier molecular flexibility index (Phi) is 4.07. The number of amides is 1. The minimum Gasteiger partial charge on any atom is -0.306 e. The molecule has 2 heterocycles. The fraction of sp³-hybridized carbons (Fsp3) is 0. The van der Waals surface area contributed by atoms with Gasteiger partial charge >= 0.3 is 0 Å². The van der Waals surface area contributed by atoms with Gasteiger partial charge in [-0.1, -0.05) is 0 Å². The molecule has 114 valence electrons. The number of carbonyl (C=O) groups excluding carboxylic acids is 1. The number of rotatable bonds is 4. The number of carbonyl (C=O) groups is 1. The molecule has 0 fully saturated rings. The second-order valence-corrected chi connectivity index (χ2v) is 5.43. The number of hydrogen-bond acceptors (Lipinski definition) is 6. The molecule has 0 spiro atoms. The molecule has 3 aromatic rings. The van der Waals surface area contributed by atoms with Crippen molar-refractivity contribution >= 4 is 45.0 Å². The predicted octanol–water partition coefficient (Wildman–Crippen LogP) is 3.25. The first-order valence-electron chi connectivity index (χ1n) is 6.55. The van der Waals surface area contributed by atoms with Crippen LogP contribution >= 0.6 is 11.3 Å². The SMILES string of the molecule is O=C(/C=C\c1ccc([N+](=O)[O-])cc1)Nc1ncnc2sccc12. The summed E-state index contributed by atoms with van der Waals surface area (Å²) in [6.07, 6.45) is 4.32. The topological polar surface area (TPSA) is 98.0 Å². The Labute approximate surface area is 134 Å². The van der Waals surface area contributed by atoms with Gasteiger partial charge < -0.3 is 5.32 Å². The standard InChI is InChI=1S/C15H10N4O3S/c20-13(6-3-10-1-4-11(5-2-10)19(21)22)18-14-12-7-8-23-15(12)17-9-16-14/h1-9H,(H,16,17,18,20)/b6-3-. The Hall–Kier alpha value is -3.13. The molecule has 3 rings (SSSR count). The van der Waals surface area contributed by atoms with Gasteiger partial charge in [0.15, 0.2) is 0 Å². The fourth-order valence-electron chi connectivity index (χ4n) is 1.93. The minimum absolute atomic E-state index is 0.00689. The number of non-ortho nitro benzene ring substituents is 1. The van der Waals surface area contributed by atoms with E-state index in [-0.39, 0.29) is 11.6 Å². The van der Waals surface area contributed by atoms with Crippen LogP contribution < -0.4 is 5.32 Å². The number of fused-ring (bicyclic) bond motifs is 1. The molecule has 1 N–H and O–H groups in total. The lowest BCUT2D eigenvalue weighted by atomic mass is 10.2. The maximum atomic E-state index is 12.0. The molecule has 0 aliphatic rings. The summed E-state index contributed by atoms with van der Waals surface area (Å²) in [7, 11) is 0. The monoisotopic (exact) mass is 326 g/mol. The van der Waals surface area contributed by atoms with Crippen molar-refractivity contribution in [2.24, 2.45) is 0 Å². The molecule has 7 nitrogen and oxygen atoms in total. The summed E-state index contributed by atoms with van der Waals surface area (Å²) in [5.41, 5.74) is 0.696. The number of aromatic nitrogens is 2. The van der Waals surface area contributed by atoms with Crippen LogP contribution in [0.5, 0.6) is 0 Å². The van der Waals surface area contributed by atoms with Crippen molar-refractivity contribution in [1.29, 1.82) is 0 Å². The first-order chi connectivity index (χ1) is 11.1. The number of thiophene rings is 1. The van der Waals surface area contributed by atoms with Crippen molar-refractivity contribution in [2.45, 2.75) is 0 Å². The van der Waals surface area contributed by atoms with E-state index in [0.717, 1.165) is 10.2 Å². The average Bonchev–Trinajstić information content (AvgIpc) is 3.03. The molecule has 0 saturated carbocycles. The zero-order valence-electron chi connectivity index (χ0n) is 11.7. The van der Waals surface area contributed by atoms with E-state index in [1.54, 1.807) is 18.2 Å². The van der Waals surface area contributed by atoms with Crippen molar-refractivity contribution < 1.29 is 9.72 Å². The summed E-state index contributed by atoms with van der Waals surface area (Å²) in [6, 6.07) is 7.76. The molecule has 0 aliphatic carbocycles. The van der Waals surface area contributed by atoms with E-state index in [0.29, 0.717) is 11.4 Å². The maximum absolute atomic E-state index is 12.0. The van der Waals surface area contributed by atoms with Crippen LogP contribution in [0.1, 0.15) is 5.56 Å². The zero-order chi connectivity index (χ0) is 16.2. The van der Waals surface area contributed by atoms with Crippen LogP contribution in [-0.2, 0) is 4.79 Å². The van der Waals surface area contributed by atoms with E-state index in [9.17, 15) is 14.9 Å². The highest BCUT2D eigenvalue weighted by Gasteiger charge is 2.07. The molecule has 23 heavy (non-hydrogen) atoms. The molecule has 1 aromatic carbocycles. The van der Waals surface area contributed by atoms with Crippen molar-refractivity contribution in [1.82, 2.24) is 9.97 Å². The van der Waals surface area contributed by atoms with Crippen molar-refractivity contribution in [3.63, 3.8) is 0 Å². The zero-order valence-corrected chi connectivity index (χ0v) is 12.5. The second-order valence-electron chi connectivity index (χ2n) is 4.53. The Morgan fingerprint density at radius 1 is 1.22 bits per heavy atom. The normalized spacial score (nSPS) is 11.0. The summed E-state index contributed by atoms with van der Waals surface area (Å²) < 4.78 is 0. The summed E-state index contributed by atoms with van der Waals surface area (Å²) in [5.74, 6) is 0.115. The smallest absolute Gasteiger partial charge is 0.269 e. The summed E-state index contributed by atoms with van der Waals surface area (Å²) in [4.78, 5) is 31.0. The number of hydrogen-bond donors (Lipinski definition) is 1. The lowest BCUT2D eigenvalue weighted by Gasteiger charge is -2.01. The molecular weight excluding hydrogens is 316 g/mol. The van der Waals surface area contributed by atoms with Crippen LogP contribution in [0.2, 0.25) is 0 Å². The molecule has 2 aromatic heterocycles. The van der Waals surface area contributed by atoms with E-state index < -0.39 is 4.92 Å². The third kappa shape index (κ3) is 3.38. The van der Waals surface area contributed by atoms with Crippen LogP contribution in [0.4, 0.5) is 11.5 Å². The van der Waals surface area contributed by atoms with E-state index in [1.807, 2.05) is 11.4 Å². The van der Waals surface area contributed by atoms with Gasteiger partial charge in [-0.2, -0.15) is 0 Å². The highest BCUT2D eigenvalue weighted by atomic mass is 32.1. The van der Waals surface area contributed by atoms with Gasteiger partial charge in [-0.15, -0.1) is 11.3 Å². The first kappa shape index (κ1) is 14.8. The van der Waals surface area contributed by atoms with Crippen molar-refractivity contribution in [3.8, 4) is 0 Å². The molecule has 0 radical (unpaired) electrons. The van der Waals surface area contributed by atoms with Gasteiger partial charge in [-0.25, -0.2) is 9.97 Å². The molecule has 0 bridgehead atoms. The molecule has 0 unspecified atom stereocenters. The number of nitrogens with one attached hydrogen (secondary N) is 1. The molecular formula is C15H10N4O3S. The minimum atomic E-state index is -0.471. The van der Waals surface area contributed by atoms with Gasteiger partial charge in [0.25, 0.3) is 5.69 Å². The third-order valence-electron chi connectivity index (χ3n) is 3.03. The third-order valence-corrected chi connectivity index (χ3v) is 3.86. The number of benzene rings is 1.